The number of carbonyl (C=O) groups is 1. The summed E-state index contributed by atoms with van der Waals surface area (Å²) in [4.78, 5) is 24.8. The number of nitrogens with one attached hydrogen (secondary N) is 1. The number of hydrogen-bond acceptors (Lipinski definition) is 22. The highest BCUT2D eigenvalue weighted by Gasteiger charge is 2.23. The van der Waals surface area contributed by atoms with Crippen LogP contribution in [-0.2, 0) is 54.0 Å². The molecule has 3 aromatic carbocycles. The average molecular weight is 893 g/mol. The smallest absolute Gasteiger partial charge is 0.433 e. The standard InChI is InChI=1S/C23H15ClN6O17S6.H2O/c24-21-26-22(28-23(27-21)49-9-17(31)32)25-14-8-12(51(35,36)37)5-10-6-15(50-46-45-34)19(20(33)18(10)14)30-29-13-2-1-11(7-16(13)52(38,39)40)48-4-3-44-47-53(41,42)43;/h1-2,5-8,33-34H,9H2,(H,31,32)(H,35,36,37)(H,38,39,40)(H,41,42,43)(H,25,26,27,28);1H2. The summed E-state index contributed by atoms with van der Waals surface area (Å²) in [6.07, 6.45) is 1.74. The first-order valence-electron chi connectivity index (χ1n) is 12.8. The molecule has 0 atom stereocenters. The van der Waals surface area contributed by atoms with Crippen molar-refractivity contribution in [3.63, 3.8) is 0 Å². The Morgan fingerprint density at radius 2 is 1.70 bits per heavy atom. The second kappa shape index (κ2) is 18.4. The van der Waals surface area contributed by atoms with Crippen molar-refractivity contribution >= 4 is 118 Å². The minimum atomic E-state index is -5.04. The van der Waals surface area contributed by atoms with Gasteiger partial charge in [0.1, 0.15) is 16.3 Å². The molecular weight excluding hydrogens is 876 g/mol. The molecule has 0 amide bonds. The fourth-order valence-corrected chi connectivity index (χ4v) is 6.88. The number of nitrogens with zero attached hydrogens (tertiary/aromatic N) is 5. The number of anilines is 2. The number of phenolic OH excluding ortho intramolecular Hbond substituents is 1. The van der Waals surface area contributed by atoms with Crippen LogP contribution >= 0.6 is 47.2 Å². The molecule has 1 aromatic heterocycles. The largest absolute Gasteiger partial charge is 0.505 e. The number of aromatic hydroxyl groups is 1. The summed E-state index contributed by atoms with van der Waals surface area (Å²) in [7, 11) is -14.9. The molecular formula is C23H17ClN6O18S6. The van der Waals surface area contributed by atoms with Gasteiger partial charge in [-0.05, 0) is 69.5 Å². The van der Waals surface area contributed by atoms with Crippen LogP contribution < -0.4 is 5.32 Å². The third-order valence-electron chi connectivity index (χ3n) is 5.57. The van der Waals surface area contributed by atoms with E-state index in [-0.39, 0.29) is 54.9 Å². The Labute approximate surface area is 319 Å². The van der Waals surface area contributed by atoms with Gasteiger partial charge in [0, 0.05) is 15.5 Å². The normalized spacial score (nSPS) is 11.9. The minimum absolute atomic E-state index is 0. The molecule has 0 spiro atoms. The van der Waals surface area contributed by atoms with Crippen LogP contribution in [0.3, 0.4) is 0 Å². The lowest BCUT2D eigenvalue weighted by atomic mass is 10.1. The van der Waals surface area contributed by atoms with Gasteiger partial charge in [0.2, 0.25) is 11.2 Å². The van der Waals surface area contributed by atoms with Crippen molar-refractivity contribution in [1.82, 2.24) is 15.0 Å². The predicted molar refractivity (Wildman–Crippen MR) is 184 cm³/mol. The molecule has 0 aliphatic carbocycles. The second-order valence-corrected chi connectivity index (χ2v) is 15.8. The Kier molecular flexibility index (Phi) is 15.1. The first kappa shape index (κ1) is 44.2. The van der Waals surface area contributed by atoms with Crippen LogP contribution in [0.4, 0.5) is 23.0 Å². The van der Waals surface area contributed by atoms with E-state index < -0.39 is 74.6 Å². The van der Waals surface area contributed by atoms with E-state index in [0.717, 1.165) is 30.3 Å². The first-order chi connectivity index (χ1) is 24.7. The molecule has 54 heavy (non-hydrogen) atoms. The van der Waals surface area contributed by atoms with Crippen molar-refractivity contribution in [2.45, 2.75) is 24.7 Å². The highest BCUT2D eigenvalue weighted by molar-refractivity contribution is 8.04. The van der Waals surface area contributed by atoms with Crippen molar-refractivity contribution in [3.8, 4) is 17.1 Å². The lowest BCUT2D eigenvalue weighted by molar-refractivity contribution is -0.432. The quantitative estimate of drug-likeness (QED) is 0.0170. The van der Waals surface area contributed by atoms with E-state index in [1.165, 1.54) is 6.07 Å². The van der Waals surface area contributed by atoms with E-state index in [0.29, 0.717) is 23.5 Å². The number of fused-ring (bicyclic) bond motifs is 1. The Morgan fingerprint density at radius 1 is 0.981 bits per heavy atom. The molecule has 0 aliphatic rings. The molecule has 0 saturated carbocycles. The predicted octanol–water partition coefficient (Wildman–Crippen LogP) is 3.58. The van der Waals surface area contributed by atoms with Crippen molar-refractivity contribution in [1.29, 1.82) is 0 Å². The van der Waals surface area contributed by atoms with Gasteiger partial charge in [-0.15, -0.1) is 14.6 Å². The molecule has 0 radical (unpaired) electrons. The monoisotopic (exact) mass is 892 g/mol. The summed E-state index contributed by atoms with van der Waals surface area (Å²) in [6, 6.07) is 5.97. The maximum absolute atomic E-state index is 12.2. The van der Waals surface area contributed by atoms with E-state index in [1.54, 1.807) is 6.11 Å². The van der Waals surface area contributed by atoms with E-state index in [2.05, 4.69) is 54.3 Å². The van der Waals surface area contributed by atoms with Gasteiger partial charge in [-0.2, -0.15) is 40.2 Å². The van der Waals surface area contributed by atoms with Crippen LogP contribution in [0.1, 0.15) is 0 Å². The highest BCUT2D eigenvalue weighted by Crippen LogP contribution is 2.48. The zero-order chi connectivity index (χ0) is 39.1. The van der Waals surface area contributed by atoms with Gasteiger partial charge in [-0.25, -0.2) is 5.26 Å². The van der Waals surface area contributed by atoms with Crippen molar-refractivity contribution in [2.24, 2.45) is 10.2 Å². The molecule has 290 valence electrons. The average Bonchev–Trinajstić information content (AvgIpc) is 3.04. The van der Waals surface area contributed by atoms with Gasteiger partial charge < -0.3 is 21.0 Å². The Balaban J connectivity index is 0.00000784. The summed E-state index contributed by atoms with van der Waals surface area (Å²) in [6.45, 7) is 0. The summed E-state index contributed by atoms with van der Waals surface area (Å²) in [5.74, 6) is -2.91. The number of thioether (sulfide) groups is 2. The lowest BCUT2D eigenvalue weighted by Gasteiger charge is -2.15. The third-order valence-corrected chi connectivity index (χ3v) is 9.82. The van der Waals surface area contributed by atoms with Crippen molar-refractivity contribution < 1.29 is 83.2 Å². The molecule has 4 rings (SSSR count). The van der Waals surface area contributed by atoms with Crippen LogP contribution in [0.15, 0.2) is 71.4 Å². The SMILES string of the molecule is O.O=C(O)CSc1nc(Cl)nc(Nc2cc(S(=O)(=O)O)cc3cc(SOOO)c(N=Nc4ccc(SC#COOS(=O)(=O)O)cc4S(=O)(=O)O)c(O)c23)n1. The molecule has 24 nitrogen and oxygen atoms in total. The molecule has 9 N–H and O–H groups in total. The molecule has 0 aliphatic heterocycles. The zero-order valence-corrected chi connectivity index (χ0v) is 31.1. The van der Waals surface area contributed by atoms with Crippen LogP contribution in [0.5, 0.6) is 5.75 Å². The minimum Gasteiger partial charge on any atom is -0.505 e. The Hall–Kier alpha value is -4.17. The van der Waals surface area contributed by atoms with Crippen LogP contribution in [-0.4, -0.2) is 86.5 Å². The van der Waals surface area contributed by atoms with E-state index in [9.17, 15) is 44.3 Å². The van der Waals surface area contributed by atoms with Crippen LogP contribution in [0.2, 0.25) is 5.28 Å². The molecule has 0 unspecified atom stereocenters. The summed E-state index contributed by atoms with van der Waals surface area (Å²) in [5.41, 5.74) is -1.41. The number of halogens is 1. The molecule has 0 bridgehead atoms. The van der Waals surface area contributed by atoms with Crippen LogP contribution in [0.25, 0.3) is 10.8 Å². The van der Waals surface area contributed by atoms with Crippen molar-refractivity contribution in [2.75, 3.05) is 11.1 Å². The number of phenols is 1. The topological polar surface area (TPSA) is 385 Å². The maximum atomic E-state index is 12.2. The van der Waals surface area contributed by atoms with Gasteiger partial charge in [0.05, 0.1) is 33.3 Å². The van der Waals surface area contributed by atoms with E-state index in [4.69, 9.17) is 26.5 Å². The van der Waals surface area contributed by atoms with Gasteiger partial charge in [-0.1, -0.05) is 16.8 Å². The fraction of sp³-hybridized carbons (Fsp3) is 0.0435. The number of rotatable bonds is 15. The number of azo groups is 1. The van der Waals surface area contributed by atoms with Gasteiger partial charge in [-0.3, -0.25) is 23.3 Å². The number of carboxylic acid groups (broad SMARTS) is 1. The third kappa shape index (κ3) is 12.4. The number of benzene rings is 3. The zero-order valence-electron chi connectivity index (χ0n) is 25.4. The summed E-state index contributed by atoms with van der Waals surface area (Å²) in [5, 5.41) is 44.2. The fourth-order valence-electron chi connectivity index (χ4n) is 3.73. The van der Waals surface area contributed by atoms with Crippen LogP contribution in [0, 0.1) is 11.4 Å². The highest BCUT2D eigenvalue weighted by atomic mass is 35.5. The van der Waals surface area contributed by atoms with E-state index >= 15 is 0 Å². The maximum Gasteiger partial charge on any atom is 0.433 e. The number of aromatic nitrogens is 3. The molecule has 31 heteroatoms. The second-order valence-electron chi connectivity index (χ2n) is 9.05. The Bertz CT molecular complexity index is 2520. The molecule has 1 heterocycles. The lowest BCUT2D eigenvalue weighted by Crippen LogP contribution is -2.05. The summed E-state index contributed by atoms with van der Waals surface area (Å²) >= 11 is 7.34. The van der Waals surface area contributed by atoms with Crippen molar-refractivity contribution in [3.05, 3.63) is 41.7 Å². The van der Waals surface area contributed by atoms with Gasteiger partial charge in [0.25, 0.3) is 20.2 Å². The number of aliphatic carboxylic acids is 1. The first-order valence-corrected chi connectivity index (χ1v) is 19.9. The Morgan fingerprint density at radius 3 is 2.33 bits per heavy atom. The van der Waals surface area contributed by atoms with Gasteiger partial charge in [0.15, 0.2) is 17.0 Å². The number of carboxylic acids is 1. The molecule has 0 saturated heterocycles. The molecule has 4 aromatic rings. The molecule has 0 fully saturated rings. The number of hydrogen-bond donors (Lipinski definition) is 7. The summed E-state index contributed by atoms with van der Waals surface area (Å²) < 4.78 is 106. The van der Waals surface area contributed by atoms with Gasteiger partial charge >= 0.3 is 16.4 Å². The van der Waals surface area contributed by atoms with E-state index in [1.807, 2.05) is 0 Å².